The Morgan fingerprint density at radius 3 is 2.41 bits per heavy atom. The summed E-state index contributed by atoms with van der Waals surface area (Å²) in [5.74, 6) is 0.0944. The highest BCUT2D eigenvalue weighted by Gasteiger charge is 2.37. The molecule has 29 heavy (non-hydrogen) atoms. The van der Waals surface area contributed by atoms with E-state index in [0.29, 0.717) is 11.6 Å². The summed E-state index contributed by atoms with van der Waals surface area (Å²) >= 11 is 5.95. The number of piperazine rings is 1. The second kappa shape index (κ2) is 10.4. The van der Waals surface area contributed by atoms with Crippen LogP contribution < -0.4 is 0 Å². The highest BCUT2D eigenvalue weighted by molar-refractivity contribution is 6.30. The van der Waals surface area contributed by atoms with Gasteiger partial charge in [-0.25, -0.2) is 0 Å². The molecule has 0 N–H and O–H groups in total. The molecule has 1 amide bonds. The van der Waals surface area contributed by atoms with Gasteiger partial charge in [0.15, 0.2) is 0 Å². The average molecular weight is 421 g/mol. The highest BCUT2D eigenvalue weighted by atomic mass is 35.5. The first-order chi connectivity index (χ1) is 14.0. The molecule has 1 aliphatic heterocycles. The average Bonchev–Trinajstić information content (AvgIpc) is 2.75. The Bertz CT molecular complexity index is 686. The lowest BCUT2D eigenvalue weighted by atomic mass is 9.83. The van der Waals surface area contributed by atoms with E-state index in [2.05, 4.69) is 4.90 Å². The fourth-order valence-corrected chi connectivity index (χ4v) is 4.85. The van der Waals surface area contributed by atoms with Crippen LogP contribution in [0.5, 0.6) is 0 Å². The molecular weight excluding hydrogens is 388 g/mol. The van der Waals surface area contributed by atoms with Crippen LogP contribution in [0.2, 0.25) is 5.02 Å². The standard InChI is InChI=1S/C23H33ClN2O3/c1-3-29-23(28)20-6-4-5-7-21(20)25-12-14-26(15-13-25)22(27)17(2)16-18-8-10-19(24)11-9-18/h8-11,17,20-21H,3-7,12-16H2,1-2H3/t17?,20-,21+/m0/s1. The summed E-state index contributed by atoms with van der Waals surface area (Å²) in [6.45, 7) is 7.44. The molecule has 3 rings (SSSR count). The molecule has 0 spiro atoms. The van der Waals surface area contributed by atoms with Crippen molar-refractivity contribution in [3.8, 4) is 0 Å². The predicted molar refractivity (Wildman–Crippen MR) is 115 cm³/mol. The third-order valence-electron chi connectivity index (χ3n) is 6.29. The Kier molecular flexibility index (Phi) is 7.96. The number of rotatable bonds is 6. The van der Waals surface area contributed by atoms with Gasteiger partial charge in [0, 0.05) is 43.2 Å². The molecule has 1 aliphatic carbocycles. The molecule has 1 saturated carbocycles. The summed E-state index contributed by atoms with van der Waals surface area (Å²) in [5.41, 5.74) is 1.13. The Hall–Kier alpha value is -1.59. The van der Waals surface area contributed by atoms with E-state index < -0.39 is 0 Å². The molecule has 3 atom stereocenters. The molecule has 0 radical (unpaired) electrons. The van der Waals surface area contributed by atoms with Crippen molar-refractivity contribution in [2.24, 2.45) is 11.8 Å². The Morgan fingerprint density at radius 2 is 1.76 bits per heavy atom. The molecule has 1 unspecified atom stereocenters. The molecule has 1 aromatic carbocycles. The minimum absolute atomic E-state index is 0.0187. The van der Waals surface area contributed by atoms with Crippen molar-refractivity contribution in [2.45, 2.75) is 52.0 Å². The third kappa shape index (κ3) is 5.73. The van der Waals surface area contributed by atoms with Crippen LogP contribution in [-0.4, -0.2) is 60.5 Å². The lowest BCUT2D eigenvalue weighted by Crippen LogP contribution is -2.56. The van der Waals surface area contributed by atoms with Crippen molar-refractivity contribution in [2.75, 3.05) is 32.8 Å². The first kappa shape index (κ1) is 22.1. The Labute approximate surface area is 179 Å². The smallest absolute Gasteiger partial charge is 0.310 e. The largest absolute Gasteiger partial charge is 0.466 e. The van der Waals surface area contributed by atoms with Crippen LogP contribution >= 0.6 is 11.6 Å². The molecule has 1 saturated heterocycles. The van der Waals surface area contributed by atoms with E-state index in [1.807, 2.05) is 43.0 Å². The summed E-state index contributed by atoms with van der Waals surface area (Å²) in [4.78, 5) is 29.7. The SMILES string of the molecule is CCOC(=O)[C@H]1CCCC[C@H]1N1CCN(C(=O)C(C)Cc2ccc(Cl)cc2)CC1. The van der Waals surface area contributed by atoms with Crippen LogP contribution in [0, 0.1) is 11.8 Å². The lowest BCUT2D eigenvalue weighted by molar-refractivity contribution is -0.153. The quantitative estimate of drug-likeness (QED) is 0.657. The zero-order chi connectivity index (χ0) is 20.8. The summed E-state index contributed by atoms with van der Waals surface area (Å²) in [5, 5.41) is 0.715. The number of ether oxygens (including phenoxy) is 1. The first-order valence-electron chi connectivity index (χ1n) is 10.9. The van der Waals surface area contributed by atoms with E-state index in [1.165, 1.54) is 0 Å². The van der Waals surface area contributed by atoms with E-state index in [1.54, 1.807) is 0 Å². The van der Waals surface area contributed by atoms with Gasteiger partial charge in [-0.2, -0.15) is 0 Å². The molecule has 2 aliphatic rings. The molecule has 0 bridgehead atoms. The van der Waals surface area contributed by atoms with E-state index >= 15 is 0 Å². The van der Waals surface area contributed by atoms with Crippen LogP contribution in [0.4, 0.5) is 0 Å². The Morgan fingerprint density at radius 1 is 1.10 bits per heavy atom. The molecule has 1 aromatic rings. The van der Waals surface area contributed by atoms with E-state index in [0.717, 1.165) is 63.8 Å². The normalized spacial score (nSPS) is 24.2. The van der Waals surface area contributed by atoms with Crippen molar-refractivity contribution in [3.05, 3.63) is 34.9 Å². The van der Waals surface area contributed by atoms with Crippen LogP contribution in [0.1, 0.15) is 45.1 Å². The van der Waals surface area contributed by atoms with Gasteiger partial charge in [0.05, 0.1) is 12.5 Å². The fraction of sp³-hybridized carbons (Fsp3) is 0.652. The first-order valence-corrected chi connectivity index (χ1v) is 11.3. The van der Waals surface area contributed by atoms with Gasteiger partial charge in [-0.05, 0) is 43.9 Å². The van der Waals surface area contributed by atoms with Crippen molar-refractivity contribution >= 4 is 23.5 Å². The molecule has 1 heterocycles. The van der Waals surface area contributed by atoms with Gasteiger partial charge < -0.3 is 9.64 Å². The van der Waals surface area contributed by atoms with Gasteiger partial charge in [0.25, 0.3) is 0 Å². The number of carbonyl (C=O) groups excluding carboxylic acids is 2. The number of amides is 1. The van der Waals surface area contributed by atoms with Crippen molar-refractivity contribution in [1.29, 1.82) is 0 Å². The lowest BCUT2D eigenvalue weighted by Gasteiger charge is -2.43. The number of hydrogen-bond donors (Lipinski definition) is 0. The minimum atomic E-state index is -0.0512. The second-order valence-corrected chi connectivity index (χ2v) is 8.74. The summed E-state index contributed by atoms with van der Waals surface area (Å²) < 4.78 is 5.32. The van der Waals surface area contributed by atoms with Crippen LogP contribution in [0.25, 0.3) is 0 Å². The van der Waals surface area contributed by atoms with Crippen molar-refractivity contribution in [3.63, 3.8) is 0 Å². The second-order valence-electron chi connectivity index (χ2n) is 8.30. The predicted octanol–water partition coefficient (Wildman–Crippen LogP) is 3.78. The zero-order valence-corrected chi connectivity index (χ0v) is 18.4. The monoisotopic (exact) mass is 420 g/mol. The van der Waals surface area contributed by atoms with Gasteiger partial charge in [-0.3, -0.25) is 14.5 Å². The van der Waals surface area contributed by atoms with Gasteiger partial charge in [-0.15, -0.1) is 0 Å². The van der Waals surface area contributed by atoms with Gasteiger partial charge >= 0.3 is 5.97 Å². The summed E-state index contributed by atoms with van der Waals surface area (Å²) in [6.07, 6.45) is 4.95. The van der Waals surface area contributed by atoms with E-state index in [4.69, 9.17) is 16.3 Å². The molecule has 160 valence electrons. The summed E-state index contributed by atoms with van der Waals surface area (Å²) in [6, 6.07) is 7.98. The van der Waals surface area contributed by atoms with Gasteiger partial charge in [-0.1, -0.05) is 43.5 Å². The molecule has 5 nitrogen and oxygen atoms in total. The summed E-state index contributed by atoms with van der Waals surface area (Å²) in [7, 11) is 0. The Balaban J connectivity index is 1.52. The van der Waals surface area contributed by atoms with E-state index in [-0.39, 0.29) is 29.8 Å². The topological polar surface area (TPSA) is 49.9 Å². The van der Waals surface area contributed by atoms with Crippen LogP contribution in [-0.2, 0) is 20.7 Å². The maximum Gasteiger partial charge on any atom is 0.310 e. The molecule has 2 fully saturated rings. The van der Waals surface area contributed by atoms with Crippen molar-refractivity contribution in [1.82, 2.24) is 9.80 Å². The number of esters is 1. The zero-order valence-electron chi connectivity index (χ0n) is 17.6. The number of halogens is 1. The number of hydrogen-bond acceptors (Lipinski definition) is 4. The highest BCUT2D eigenvalue weighted by Crippen LogP contribution is 2.30. The number of benzene rings is 1. The number of nitrogens with zero attached hydrogens (tertiary/aromatic N) is 2. The molecule has 0 aromatic heterocycles. The minimum Gasteiger partial charge on any atom is -0.466 e. The third-order valence-corrected chi connectivity index (χ3v) is 6.54. The van der Waals surface area contributed by atoms with Crippen molar-refractivity contribution < 1.29 is 14.3 Å². The van der Waals surface area contributed by atoms with Crippen LogP contribution in [0.15, 0.2) is 24.3 Å². The maximum atomic E-state index is 12.9. The molecule has 6 heteroatoms. The van der Waals surface area contributed by atoms with E-state index in [9.17, 15) is 9.59 Å². The number of carbonyl (C=O) groups is 2. The van der Waals surface area contributed by atoms with Gasteiger partial charge in [0.1, 0.15) is 0 Å². The van der Waals surface area contributed by atoms with Crippen LogP contribution in [0.3, 0.4) is 0 Å². The van der Waals surface area contributed by atoms with Gasteiger partial charge in [0.2, 0.25) is 5.91 Å². The molecular formula is C23H33ClN2O3. The fourth-order valence-electron chi connectivity index (χ4n) is 4.72. The maximum absolute atomic E-state index is 12.9.